The number of carbonyl (C=O) groups is 1. The van der Waals surface area contributed by atoms with Crippen LogP contribution >= 0.6 is 11.3 Å². The first-order chi connectivity index (χ1) is 21.7. The number of aryl methyl sites for hydroxylation is 1. The molecule has 15 heteroatoms. The fourth-order valence-corrected chi connectivity index (χ4v) is 6.29. The Hall–Kier alpha value is -4.40. The largest absolute Gasteiger partial charge is 0.346 e. The number of amides is 1. The van der Waals surface area contributed by atoms with Crippen molar-refractivity contribution in [2.45, 2.75) is 57.0 Å². The molecule has 1 amide bonds. The van der Waals surface area contributed by atoms with E-state index >= 15 is 0 Å². The van der Waals surface area contributed by atoms with E-state index in [0.29, 0.717) is 27.5 Å². The Balaban J connectivity index is 1.44. The zero-order valence-electron chi connectivity index (χ0n) is 23.8. The van der Waals surface area contributed by atoms with Crippen LogP contribution in [0.3, 0.4) is 0 Å². The van der Waals surface area contributed by atoms with Crippen molar-refractivity contribution in [3.05, 3.63) is 99.4 Å². The van der Waals surface area contributed by atoms with Crippen molar-refractivity contribution < 1.29 is 39.9 Å². The number of benzene rings is 2. The van der Waals surface area contributed by atoms with Crippen LogP contribution in [0.15, 0.2) is 54.0 Å². The van der Waals surface area contributed by atoms with Gasteiger partial charge in [-0.15, -0.1) is 11.3 Å². The summed E-state index contributed by atoms with van der Waals surface area (Å²) in [7, 11) is 0. The fraction of sp³-hybridized carbons (Fsp3) is 0.290. The van der Waals surface area contributed by atoms with E-state index in [0.717, 1.165) is 17.7 Å². The SMILES string of the molecule is Cc1ccc(-c2cc3scnc3nc2[C@H](Cc2cc(F)cc(F)c2)NC(=O)Cn2nc(C(F)F)c3c2C(F)(F)CCC3(F)F)cc1. The Bertz CT molecular complexity index is 1920. The lowest BCUT2D eigenvalue weighted by molar-refractivity contribution is -0.123. The number of hydrogen-bond donors (Lipinski definition) is 1. The lowest BCUT2D eigenvalue weighted by Gasteiger charge is -2.29. The molecule has 1 aliphatic carbocycles. The van der Waals surface area contributed by atoms with Gasteiger partial charge in [-0.25, -0.2) is 36.3 Å². The van der Waals surface area contributed by atoms with Crippen molar-refractivity contribution in [2.75, 3.05) is 0 Å². The van der Waals surface area contributed by atoms with E-state index in [1.54, 1.807) is 23.7 Å². The number of pyridine rings is 1. The molecule has 0 bridgehead atoms. The third kappa shape index (κ3) is 6.07. The van der Waals surface area contributed by atoms with Gasteiger partial charge < -0.3 is 5.32 Å². The van der Waals surface area contributed by atoms with Gasteiger partial charge in [-0.1, -0.05) is 29.8 Å². The zero-order valence-corrected chi connectivity index (χ0v) is 24.6. The van der Waals surface area contributed by atoms with Crippen LogP contribution in [0, 0.1) is 18.6 Å². The molecule has 3 heterocycles. The topological polar surface area (TPSA) is 72.7 Å². The molecule has 5 aromatic rings. The number of carbonyl (C=O) groups excluding carboxylic acids is 1. The van der Waals surface area contributed by atoms with Gasteiger partial charge >= 0.3 is 0 Å². The number of rotatable bonds is 8. The molecule has 0 unspecified atom stereocenters. The van der Waals surface area contributed by atoms with E-state index < -0.39 is 78.2 Å². The van der Waals surface area contributed by atoms with Crippen LogP contribution in [0.5, 0.6) is 0 Å². The molecular weight excluding hydrogens is 642 g/mol. The molecular formula is C31H23F8N5OS. The number of nitrogens with one attached hydrogen (secondary N) is 1. The minimum atomic E-state index is -4.02. The van der Waals surface area contributed by atoms with Crippen LogP contribution in [0.2, 0.25) is 0 Å². The number of hydrogen-bond acceptors (Lipinski definition) is 5. The molecule has 46 heavy (non-hydrogen) atoms. The van der Waals surface area contributed by atoms with Gasteiger partial charge in [0.25, 0.3) is 18.3 Å². The number of nitrogens with zero attached hydrogens (tertiary/aromatic N) is 4. The maximum absolute atomic E-state index is 14.9. The van der Waals surface area contributed by atoms with Gasteiger partial charge in [0.2, 0.25) is 5.91 Å². The molecule has 6 nitrogen and oxygen atoms in total. The van der Waals surface area contributed by atoms with E-state index in [2.05, 4.69) is 20.4 Å². The molecule has 3 aromatic heterocycles. The molecule has 1 N–H and O–H groups in total. The third-order valence-electron chi connectivity index (χ3n) is 7.69. The van der Waals surface area contributed by atoms with Crippen LogP contribution in [-0.4, -0.2) is 25.7 Å². The highest BCUT2D eigenvalue weighted by molar-refractivity contribution is 7.16. The summed E-state index contributed by atoms with van der Waals surface area (Å²) in [5, 5.41) is 5.93. The van der Waals surface area contributed by atoms with Crippen molar-refractivity contribution in [3.63, 3.8) is 0 Å². The van der Waals surface area contributed by atoms with E-state index in [1.165, 1.54) is 11.3 Å². The van der Waals surface area contributed by atoms with Crippen LogP contribution in [-0.2, 0) is 29.6 Å². The first-order valence-electron chi connectivity index (χ1n) is 13.9. The van der Waals surface area contributed by atoms with Crippen LogP contribution in [0.25, 0.3) is 21.5 Å². The Labute approximate surface area is 260 Å². The minimum absolute atomic E-state index is 0.0976. The highest BCUT2D eigenvalue weighted by Crippen LogP contribution is 2.52. The van der Waals surface area contributed by atoms with Crippen LogP contribution in [0.4, 0.5) is 35.1 Å². The van der Waals surface area contributed by atoms with Gasteiger partial charge in [0.05, 0.1) is 27.5 Å². The first-order valence-corrected chi connectivity index (χ1v) is 14.8. The lowest BCUT2D eigenvalue weighted by atomic mass is 9.89. The van der Waals surface area contributed by atoms with Crippen molar-refractivity contribution in [1.82, 2.24) is 25.1 Å². The average Bonchev–Trinajstić information content (AvgIpc) is 3.60. The highest BCUT2D eigenvalue weighted by Gasteiger charge is 2.55. The number of halogens is 8. The minimum Gasteiger partial charge on any atom is -0.346 e. The van der Waals surface area contributed by atoms with Gasteiger partial charge in [0.1, 0.15) is 29.6 Å². The summed E-state index contributed by atoms with van der Waals surface area (Å²) >= 11 is 1.30. The lowest BCUT2D eigenvalue weighted by Crippen LogP contribution is -2.37. The standard InChI is InChI=1S/C31H23F8N5OS/c1-15-2-4-17(5-3-15)20-12-22-29(40-14-46-22)42-25(20)21(10-16-8-18(32)11-19(33)9-16)41-23(45)13-44-27-24(26(43-44)28(34)35)30(36,37)6-7-31(27,38)39/h2-5,8-9,11-12,14,21,28H,6-7,10,13H2,1H3,(H,41,45)/t21-/m0/s1. The van der Waals surface area contributed by atoms with Crippen molar-refractivity contribution in [3.8, 4) is 11.1 Å². The summed E-state index contributed by atoms with van der Waals surface area (Å²) in [6.45, 7) is 0.747. The molecule has 1 atom stereocenters. The maximum atomic E-state index is 14.9. The average molecular weight is 666 g/mol. The molecule has 0 spiro atoms. The van der Waals surface area contributed by atoms with Crippen LogP contribution < -0.4 is 5.32 Å². The second-order valence-corrected chi connectivity index (χ2v) is 11.9. The molecule has 0 radical (unpaired) electrons. The first kappa shape index (κ1) is 31.6. The molecule has 2 aromatic carbocycles. The van der Waals surface area contributed by atoms with Crippen molar-refractivity contribution >= 4 is 27.6 Å². The summed E-state index contributed by atoms with van der Waals surface area (Å²) < 4.78 is 116. The summed E-state index contributed by atoms with van der Waals surface area (Å²) in [6.07, 6.45) is -6.58. The van der Waals surface area contributed by atoms with Crippen molar-refractivity contribution in [2.24, 2.45) is 0 Å². The Morgan fingerprint density at radius 2 is 1.65 bits per heavy atom. The molecule has 0 saturated heterocycles. The number of alkyl halides is 6. The van der Waals surface area contributed by atoms with Gasteiger partial charge in [0, 0.05) is 24.5 Å². The van der Waals surface area contributed by atoms with Gasteiger partial charge in [0.15, 0.2) is 5.65 Å². The summed E-state index contributed by atoms with van der Waals surface area (Å²) in [6, 6.07) is 10.6. The smallest absolute Gasteiger partial charge is 0.290 e. The highest BCUT2D eigenvalue weighted by atomic mass is 32.1. The van der Waals surface area contributed by atoms with E-state index in [-0.39, 0.29) is 22.4 Å². The van der Waals surface area contributed by atoms with Crippen molar-refractivity contribution in [1.29, 1.82) is 0 Å². The predicted molar refractivity (Wildman–Crippen MR) is 153 cm³/mol. The van der Waals surface area contributed by atoms with Crippen LogP contribution in [0.1, 0.15) is 59.1 Å². The fourth-order valence-electron chi connectivity index (χ4n) is 5.64. The second kappa shape index (κ2) is 11.8. The van der Waals surface area contributed by atoms with Gasteiger partial charge in [-0.05, 0) is 42.7 Å². The number of fused-ring (bicyclic) bond motifs is 2. The number of aromatic nitrogens is 4. The Morgan fingerprint density at radius 3 is 2.33 bits per heavy atom. The summed E-state index contributed by atoms with van der Waals surface area (Å²) in [4.78, 5) is 22.3. The Morgan fingerprint density at radius 1 is 0.978 bits per heavy atom. The molecule has 0 aliphatic heterocycles. The molecule has 0 saturated carbocycles. The molecule has 0 fully saturated rings. The maximum Gasteiger partial charge on any atom is 0.290 e. The monoisotopic (exact) mass is 665 g/mol. The predicted octanol–water partition coefficient (Wildman–Crippen LogP) is 8.16. The Kier molecular flexibility index (Phi) is 8.07. The van der Waals surface area contributed by atoms with Gasteiger partial charge in [-0.2, -0.15) is 13.9 Å². The second-order valence-electron chi connectivity index (χ2n) is 11.0. The normalized spacial score (nSPS) is 16.0. The van der Waals surface area contributed by atoms with E-state index in [4.69, 9.17) is 0 Å². The van der Waals surface area contributed by atoms with E-state index in [9.17, 15) is 39.9 Å². The van der Waals surface area contributed by atoms with Gasteiger partial charge in [-0.3, -0.25) is 9.48 Å². The molecule has 240 valence electrons. The summed E-state index contributed by atoms with van der Waals surface area (Å²) in [5.41, 5.74) is -0.303. The summed E-state index contributed by atoms with van der Waals surface area (Å²) in [5.74, 6) is -10.9. The quantitative estimate of drug-likeness (QED) is 0.170. The number of thiazole rings is 1. The zero-order chi connectivity index (χ0) is 33.0. The molecule has 6 rings (SSSR count). The molecule has 1 aliphatic rings. The van der Waals surface area contributed by atoms with E-state index in [1.807, 2.05) is 19.1 Å². The third-order valence-corrected chi connectivity index (χ3v) is 8.45.